The molecule has 3 rings (SSSR count). The van der Waals surface area contributed by atoms with Crippen LogP contribution < -0.4 is 0 Å². The first-order chi connectivity index (χ1) is 8.83. The van der Waals surface area contributed by atoms with E-state index in [1.165, 1.54) is 0 Å². The molecular weight excluding hydrogens is 244 g/mol. The third-order valence-corrected chi connectivity index (χ3v) is 2.99. The molecule has 0 atom stereocenters. The van der Waals surface area contributed by atoms with Gasteiger partial charge in [0.1, 0.15) is 5.82 Å². The van der Waals surface area contributed by atoms with Crippen LogP contribution in [0.2, 0.25) is 5.02 Å². The predicted octanol–water partition coefficient (Wildman–Crippen LogP) is 4.40. The van der Waals surface area contributed by atoms with Crippen LogP contribution in [0.1, 0.15) is 0 Å². The van der Waals surface area contributed by atoms with Gasteiger partial charge >= 0.3 is 0 Å². The molecule has 0 aliphatic carbocycles. The van der Waals surface area contributed by atoms with Crippen LogP contribution >= 0.6 is 11.6 Å². The molecule has 0 saturated heterocycles. The number of imidazole rings is 1. The van der Waals surface area contributed by atoms with Crippen LogP contribution in [0.4, 0.5) is 0 Å². The van der Waals surface area contributed by atoms with Crippen LogP contribution in [0.15, 0.2) is 60.8 Å². The molecule has 0 fully saturated rings. The zero-order valence-corrected chi connectivity index (χ0v) is 10.4. The summed E-state index contributed by atoms with van der Waals surface area (Å²) in [6.07, 6.45) is 1.83. The van der Waals surface area contributed by atoms with Crippen LogP contribution in [0.5, 0.6) is 0 Å². The summed E-state index contributed by atoms with van der Waals surface area (Å²) in [6.45, 7) is 0. The fourth-order valence-electron chi connectivity index (χ4n) is 1.87. The lowest BCUT2D eigenvalue weighted by Crippen LogP contribution is -1.80. The molecule has 1 aromatic heterocycles. The zero-order chi connectivity index (χ0) is 12.4. The Kier molecular flexibility index (Phi) is 2.87. The second-order valence-electron chi connectivity index (χ2n) is 4.02. The average molecular weight is 255 g/mol. The minimum Gasteiger partial charge on any atom is -0.338 e. The van der Waals surface area contributed by atoms with Gasteiger partial charge in [0.05, 0.1) is 11.9 Å². The summed E-state index contributed by atoms with van der Waals surface area (Å²) in [5.74, 6) is 0.866. The molecule has 2 nitrogen and oxygen atoms in total. The van der Waals surface area contributed by atoms with Gasteiger partial charge in [-0.05, 0) is 12.1 Å². The molecule has 1 N–H and O–H groups in total. The van der Waals surface area contributed by atoms with Crippen molar-refractivity contribution in [3.05, 3.63) is 65.8 Å². The summed E-state index contributed by atoms with van der Waals surface area (Å²) in [4.78, 5) is 7.70. The third kappa shape index (κ3) is 2.15. The number of aromatic amines is 1. The number of rotatable bonds is 2. The Hall–Kier alpha value is -2.06. The SMILES string of the molecule is Clc1cccc(-c2cnc(-c3ccccc3)[nH]2)c1. The van der Waals surface area contributed by atoms with Crippen molar-refractivity contribution in [3.8, 4) is 22.6 Å². The van der Waals surface area contributed by atoms with Gasteiger partial charge < -0.3 is 4.98 Å². The van der Waals surface area contributed by atoms with Crippen LogP contribution in [-0.2, 0) is 0 Å². The quantitative estimate of drug-likeness (QED) is 0.722. The Morgan fingerprint density at radius 3 is 2.44 bits per heavy atom. The van der Waals surface area contributed by atoms with E-state index in [-0.39, 0.29) is 0 Å². The van der Waals surface area contributed by atoms with Crippen LogP contribution in [0.3, 0.4) is 0 Å². The van der Waals surface area contributed by atoms with Gasteiger partial charge in [-0.3, -0.25) is 0 Å². The van der Waals surface area contributed by atoms with Crippen molar-refractivity contribution in [1.82, 2.24) is 9.97 Å². The Labute approximate surface area is 110 Å². The molecule has 0 saturated carbocycles. The Morgan fingerprint density at radius 1 is 0.889 bits per heavy atom. The van der Waals surface area contributed by atoms with Gasteiger partial charge in [0.25, 0.3) is 0 Å². The number of nitrogens with one attached hydrogen (secondary N) is 1. The lowest BCUT2D eigenvalue weighted by atomic mass is 10.2. The van der Waals surface area contributed by atoms with Crippen molar-refractivity contribution in [2.24, 2.45) is 0 Å². The molecule has 0 aliphatic rings. The van der Waals surface area contributed by atoms with E-state index in [0.29, 0.717) is 0 Å². The summed E-state index contributed by atoms with van der Waals surface area (Å²) in [5.41, 5.74) is 3.08. The van der Waals surface area contributed by atoms with Crippen molar-refractivity contribution < 1.29 is 0 Å². The highest BCUT2D eigenvalue weighted by Crippen LogP contribution is 2.23. The van der Waals surface area contributed by atoms with E-state index in [4.69, 9.17) is 11.6 Å². The zero-order valence-electron chi connectivity index (χ0n) is 9.60. The third-order valence-electron chi connectivity index (χ3n) is 2.76. The summed E-state index contributed by atoms with van der Waals surface area (Å²) < 4.78 is 0. The van der Waals surface area contributed by atoms with E-state index in [9.17, 15) is 0 Å². The lowest BCUT2D eigenvalue weighted by molar-refractivity contribution is 1.31. The molecule has 0 radical (unpaired) electrons. The summed E-state index contributed by atoms with van der Waals surface area (Å²) in [7, 11) is 0. The van der Waals surface area contributed by atoms with E-state index in [1.54, 1.807) is 0 Å². The Bertz CT molecular complexity index is 659. The highest BCUT2D eigenvalue weighted by Gasteiger charge is 2.05. The lowest BCUT2D eigenvalue weighted by Gasteiger charge is -1.98. The molecular formula is C15H11ClN2. The van der Waals surface area contributed by atoms with E-state index in [1.807, 2.05) is 60.8 Å². The van der Waals surface area contributed by atoms with E-state index >= 15 is 0 Å². The number of hydrogen-bond donors (Lipinski definition) is 1. The van der Waals surface area contributed by atoms with Gasteiger partial charge in [-0.2, -0.15) is 0 Å². The molecule has 0 spiro atoms. The standard InChI is InChI=1S/C15H11ClN2/c16-13-8-4-7-12(9-13)14-10-17-15(18-14)11-5-2-1-3-6-11/h1-10H,(H,17,18). The fraction of sp³-hybridized carbons (Fsp3) is 0. The molecule has 88 valence electrons. The van der Waals surface area contributed by atoms with Gasteiger partial charge in [0, 0.05) is 16.1 Å². The number of benzene rings is 2. The minimum absolute atomic E-state index is 0.725. The highest BCUT2D eigenvalue weighted by molar-refractivity contribution is 6.30. The van der Waals surface area contributed by atoms with Crippen molar-refractivity contribution in [2.45, 2.75) is 0 Å². The van der Waals surface area contributed by atoms with Gasteiger partial charge in [0.15, 0.2) is 0 Å². The van der Waals surface area contributed by atoms with E-state index in [2.05, 4.69) is 9.97 Å². The largest absolute Gasteiger partial charge is 0.338 e. The van der Waals surface area contributed by atoms with E-state index in [0.717, 1.165) is 27.7 Å². The molecule has 3 heteroatoms. The smallest absolute Gasteiger partial charge is 0.137 e. The normalized spacial score (nSPS) is 10.5. The fourth-order valence-corrected chi connectivity index (χ4v) is 2.06. The average Bonchev–Trinajstić information content (AvgIpc) is 2.89. The summed E-state index contributed by atoms with van der Waals surface area (Å²) in [6, 6.07) is 17.8. The maximum atomic E-state index is 5.98. The molecule has 18 heavy (non-hydrogen) atoms. The van der Waals surface area contributed by atoms with E-state index < -0.39 is 0 Å². The molecule has 0 amide bonds. The van der Waals surface area contributed by atoms with Crippen molar-refractivity contribution >= 4 is 11.6 Å². The van der Waals surface area contributed by atoms with Crippen LogP contribution in [-0.4, -0.2) is 9.97 Å². The first-order valence-corrected chi connectivity index (χ1v) is 6.07. The number of nitrogens with zero attached hydrogens (tertiary/aromatic N) is 1. The van der Waals surface area contributed by atoms with Gasteiger partial charge in [0.2, 0.25) is 0 Å². The van der Waals surface area contributed by atoms with Gasteiger partial charge in [-0.25, -0.2) is 4.98 Å². The molecule has 0 aliphatic heterocycles. The van der Waals surface area contributed by atoms with Crippen LogP contribution in [0.25, 0.3) is 22.6 Å². The Balaban J connectivity index is 2.00. The number of H-pyrrole nitrogens is 1. The maximum absolute atomic E-state index is 5.98. The highest BCUT2D eigenvalue weighted by atomic mass is 35.5. The van der Waals surface area contributed by atoms with Gasteiger partial charge in [-0.1, -0.05) is 54.1 Å². The monoisotopic (exact) mass is 254 g/mol. The van der Waals surface area contributed by atoms with Crippen molar-refractivity contribution in [3.63, 3.8) is 0 Å². The molecule has 2 aromatic carbocycles. The second-order valence-corrected chi connectivity index (χ2v) is 4.46. The Morgan fingerprint density at radius 2 is 1.67 bits per heavy atom. The maximum Gasteiger partial charge on any atom is 0.137 e. The van der Waals surface area contributed by atoms with Crippen LogP contribution in [0, 0.1) is 0 Å². The number of halogens is 1. The van der Waals surface area contributed by atoms with Crippen molar-refractivity contribution in [2.75, 3.05) is 0 Å². The predicted molar refractivity (Wildman–Crippen MR) is 74.5 cm³/mol. The molecule has 3 aromatic rings. The number of hydrogen-bond acceptors (Lipinski definition) is 1. The van der Waals surface area contributed by atoms with Crippen molar-refractivity contribution in [1.29, 1.82) is 0 Å². The molecule has 1 heterocycles. The first kappa shape index (κ1) is 11.1. The van der Waals surface area contributed by atoms with Gasteiger partial charge in [-0.15, -0.1) is 0 Å². The molecule has 0 bridgehead atoms. The minimum atomic E-state index is 0.725. The summed E-state index contributed by atoms with van der Waals surface area (Å²) >= 11 is 5.98. The topological polar surface area (TPSA) is 28.7 Å². The number of aromatic nitrogens is 2. The second kappa shape index (κ2) is 4.67. The first-order valence-electron chi connectivity index (χ1n) is 5.69. The summed E-state index contributed by atoms with van der Waals surface area (Å²) in [5, 5.41) is 0.725. The molecule has 0 unspecified atom stereocenters.